The molecular weight excluding hydrogens is 364 g/mol. The first-order valence-corrected chi connectivity index (χ1v) is 10.8. The van der Waals surface area contributed by atoms with Gasteiger partial charge in [-0.15, -0.1) is 11.3 Å². The second kappa shape index (κ2) is 14.6. The molecule has 1 heterocycles. The van der Waals surface area contributed by atoms with Crippen molar-refractivity contribution >= 4 is 23.2 Å². The zero-order valence-electron chi connectivity index (χ0n) is 16.3. The third-order valence-electron chi connectivity index (χ3n) is 4.68. The maximum Gasteiger partial charge on any atom is 0.244 e. The molecule has 0 spiro atoms. The Balaban J connectivity index is 2.47. The highest BCUT2D eigenvalue weighted by molar-refractivity contribution is 7.09. The molecule has 0 radical (unpaired) electrons. The van der Waals surface area contributed by atoms with E-state index in [-0.39, 0.29) is 25.0 Å². The minimum absolute atomic E-state index is 0.0463. The number of amides is 2. The smallest absolute Gasteiger partial charge is 0.244 e. The van der Waals surface area contributed by atoms with Gasteiger partial charge in [0.1, 0.15) is 0 Å². The van der Waals surface area contributed by atoms with Crippen molar-refractivity contribution in [3.8, 4) is 0 Å². The fourth-order valence-electron chi connectivity index (χ4n) is 3.09. The highest BCUT2D eigenvalue weighted by Crippen LogP contribution is 2.17. The molecule has 1 aromatic rings. The van der Waals surface area contributed by atoms with Gasteiger partial charge >= 0.3 is 0 Å². The van der Waals surface area contributed by atoms with Crippen LogP contribution in [0, 0.1) is 5.92 Å². The van der Waals surface area contributed by atoms with E-state index in [1.54, 1.807) is 16.8 Å². The van der Waals surface area contributed by atoms with E-state index in [0.717, 1.165) is 24.1 Å². The fourth-order valence-corrected chi connectivity index (χ4v) is 3.88. The highest BCUT2D eigenvalue weighted by Gasteiger charge is 2.24. The molecule has 7 heteroatoms. The lowest BCUT2D eigenvalue weighted by Gasteiger charge is -2.21. The van der Waals surface area contributed by atoms with Gasteiger partial charge in [0.05, 0.1) is 12.6 Å². The number of nitrogens with one attached hydrogen (secondary N) is 2. The largest absolute Gasteiger partial charge is 0.394 e. The van der Waals surface area contributed by atoms with Gasteiger partial charge in [-0.25, -0.2) is 5.48 Å². The van der Waals surface area contributed by atoms with Gasteiger partial charge in [0.2, 0.25) is 11.8 Å². The van der Waals surface area contributed by atoms with Gasteiger partial charge in [-0.1, -0.05) is 57.9 Å². The Bertz CT molecular complexity index is 522. The first kappa shape index (κ1) is 23.6. The molecular formula is C20H34N2O4S. The van der Waals surface area contributed by atoms with Crippen LogP contribution in [0.3, 0.4) is 0 Å². The van der Waals surface area contributed by atoms with Crippen molar-refractivity contribution in [2.75, 3.05) is 6.61 Å². The van der Waals surface area contributed by atoms with E-state index < -0.39 is 11.8 Å². The van der Waals surface area contributed by atoms with Gasteiger partial charge in [0.25, 0.3) is 0 Å². The van der Waals surface area contributed by atoms with E-state index in [4.69, 9.17) is 5.21 Å². The predicted octanol–water partition coefficient (Wildman–Crippen LogP) is 3.42. The van der Waals surface area contributed by atoms with Gasteiger partial charge in [0, 0.05) is 23.6 Å². The number of carbonyl (C=O) groups excluding carboxylic acids is 2. The number of unbranched alkanes of at least 4 members (excludes halogenated alkanes) is 6. The Labute approximate surface area is 166 Å². The van der Waals surface area contributed by atoms with Crippen LogP contribution < -0.4 is 10.8 Å². The Kier molecular flexibility index (Phi) is 12.8. The first-order valence-electron chi connectivity index (χ1n) is 9.97. The van der Waals surface area contributed by atoms with Crippen LogP contribution in [0.15, 0.2) is 17.5 Å². The standard InChI is InChI=1S/C20H34N2O4S/c1-2-3-4-5-6-7-8-10-16(13-19(24)22-26)20(25)21-17(15-23)14-18-11-9-12-27-18/h9,11-12,16-17,23,26H,2-8,10,13-15H2,1H3,(H,21,25)(H,22,24)/t16-,17+/m1/s1. The van der Waals surface area contributed by atoms with Gasteiger partial charge in [0.15, 0.2) is 0 Å². The molecule has 2 atom stereocenters. The SMILES string of the molecule is CCCCCCCCC[C@H](CC(=O)NO)C(=O)N[C@H](CO)Cc1cccs1. The van der Waals surface area contributed by atoms with E-state index in [2.05, 4.69) is 12.2 Å². The van der Waals surface area contributed by atoms with E-state index in [9.17, 15) is 14.7 Å². The van der Waals surface area contributed by atoms with E-state index in [1.807, 2.05) is 17.5 Å². The molecule has 4 N–H and O–H groups in total. The molecule has 0 aliphatic carbocycles. The van der Waals surface area contributed by atoms with Gasteiger partial charge in [-0.2, -0.15) is 0 Å². The summed E-state index contributed by atoms with van der Waals surface area (Å²) >= 11 is 1.58. The normalized spacial score (nSPS) is 13.1. The highest BCUT2D eigenvalue weighted by atomic mass is 32.1. The Morgan fingerprint density at radius 3 is 2.44 bits per heavy atom. The summed E-state index contributed by atoms with van der Waals surface area (Å²) < 4.78 is 0. The van der Waals surface area contributed by atoms with Gasteiger partial charge in [-0.05, 0) is 17.9 Å². The number of thiophene rings is 1. The number of rotatable bonds is 15. The van der Waals surface area contributed by atoms with Crippen molar-refractivity contribution in [1.82, 2.24) is 10.8 Å². The number of hydrogen-bond donors (Lipinski definition) is 4. The molecule has 0 aliphatic heterocycles. The number of aliphatic hydroxyl groups is 1. The van der Waals surface area contributed by atoms with Crippen LogP contribution in [0.1, 0.15) is 69.6 Å². The Hall–Kier alpha value is -1.44. The number of hydrogen-bond acceptors (Lipinski definition) is 5. The quantitative estimate of drug-likeness (QED) is 0.207. The van der Waals surface area contributed by atoms with Crippen LogP contribution in [0.2, 0.25) is 0 Å². The minimum Gasteiger partial charge on any atom is -0.394 e. The molecule has 0 fully saturated rings. The van der Waals surface area contributed by atoms with Crippen molar-refractivity contribution in [3.63, 3.8) is 0 Å². The third-order valence-corrected chi connectivity index (χ3v) is 5.58. The molecule has 6 nitrogen and oxygen atoms in total. The molecule has 0 bridgehead atoms. The molecule has 1 aromatic heterocycles. The summed E-state index contributed by atoms with van der Waals surface area (Å²) in [4.78, 5) is 25.3. The summed E-state index contributed by atoms with van der Waals surface area (Å²) in [6.07, 6.45) is 9.09. The molecule has 2 amide bonds. The van der Waals surface area contributed by atoms with Crippen LogP contribution in [0.5, 0.6) is 0 Å². The van der Waals surface area contributed by atoms with Crippen LogP contribution in [-0.2, 0) is 16.0 Å². The van der Waals surface area contributed by atoms with Crippen LogP contribution in [0.25, 0.3) is 0 Å². The Morgan fingerprint density at radius 1 is 1.15 bits per heavy atom. The van der Waals surface area contributed by atoms with Crippen LogP contribution >= 0.6 is 11.3 Å². The third kappa shape index (κ3) is 10.5. The second-order valence-electron chi connectivity index (χ2n) is 7.02. The van der Waals surface area contributed by atoms with Crippen molar-refractivity contribution in [1.29, 1.82) is 0 Å². The summed E-state index contributed by atoms with van der Waals surface area (Å²) in [5, 5.41) is 23.2. The maximum atomic E-state index is 12.6. The van der Waals surface area contributed by atoms with Crippen LogP contribution in [0.4, 0.5) is 0 Å². The lowest BCUT2D eigenvalue weighted by molar-refractivity contribution is -0.135. The van der Waals surface area contributed by atoms with Crippen molar-refractivity contribution in [2.45, 2.75) is 77.2 Å². The maximum absolute atomic E-state index is 12.6. The number of hydroxylamine groups is 1. The monoisotopic (exact) mass is 398 g/mol. The number of aliphatic hydroxyl groups excluding tert-OH is 1. The van der Waals surface area contributed by atoms with E-state index >= 15 is 0 Å². The molecule has 27 heavy (non-hydrogen) atoms. The average molecular weight is 399 g/mol. The molecule has 0 saturated heterocycles. The zero-order valence-corrected chi connectivity index (χ0v) is 17.1. The first-order chi connectivity index (χ1) is 13.1. The average Bonchev–Trinajstić information content (AvgIpc) is 3.18. The van der Waals surface area contributed by atoms with Crippen molar-refractivity contribution in [2.24, 2.45) is 5.92 Å². The summed E-state index contributed by atoms with van der Waals surface area (Å²) in [6, 6.07) is 3.53. The van der Waals surface area contributed by atoms with Crippen LogP contribution in [-0.4, -0.2) is 34.8 Å². The summed E-state index contributed by atoms with van der Waals surface area (Å²) in [5.41, 5.74) is 1.61. The van der Waals surface area contributed by atoms with Crippen molar-refractivity contribution in [3.05, 3.63) is 22.4 Å². The molecule has 0 saturated carbocycles. The molecule has 154 valence electrons. The summed E-state index contributed by atoms with van der Waals surface area (Å²) in [6.45, 7) is 2.04. The summed E-state index contributed by atoms with van der Waals surface area (Å²) in [5.74, 6) is -1.29. The zero-order chi connectivity index (χ0) is 19.9. The van der Waals surface area contributed by atoms with Gasteiger partial charge < -0.3 is 10.4 Å². The van der Waals surface area contributed by atoms with Crippen molar-refractivity contribution < 1.29 is 19.9 Å². The lowest BCUT2D eigenvalue weighted by atomic mass is 9.95. The Morgan fingerprint density at radius 2 is 1.85 bits per heavy atom. The predicted molar refractivity (Wildman–Crippen MR) is 108 cm³/mol. The fraction of sp³-hybridized carbons (Fsp3) is 0.700. The van der Waals surface area contributed by atoms with Gasteiger partial charge in [-0.3, -0.25) is 14.8 Å². The molecule has 0 aliphatic rings. The molecule has 0 aromatic carbocycles. The minimum atomic E-state index is -0.558. The second-order valence-corrected chi connectivity index (χ2v) is 8.05. The number of carbonyl (C=O) groups is 2. The molecule has 0 unspecified atom stereocenters. The summed E-state index contributed by atoms with van der Waals surface area (Å²) in [7, 11) is 0. The molecule has 1 rings (SSSR count). The lowest BCUT2D eigenvalue weighted by Crippen LogP contribution is -2.43. The topological polar surface area (TPSA) is 98.7 Å². The van der Waals surface area contributed by atoms with E-state index in [1.165, 1.54) is 25.7 Å². The van der Waals surface area contributed by atoms with E-state index in [0.29, 0.717) is 12.8 Å².